The molecule has 130 valence electrons. The molecule has 0 bridgehead atoms. The maximum atomic E-state index is 12.4. The quantitative estimate of drug-likeness (QED) is 0.679. The van der Waals surface area contributed by atoms with E-state index in [1.165, 1.54) is 0 Å². The fraction of sp³-hybridized carbons (Fsp3) is 0.588. The van der Waals surface area contributed by atoms with Crippen molar-refractivity contribution < 1.29 is 13.2 Å². The van der Waals surface area contributed by atoms with Gasteiger partial charge in [0.2, 0.25) is 15.9 Å². The Morgan fingerprint density at radius 1 is 1.04 bits per heavy atom. The first-order valence-corrected chi connectivity index (χ1v) is 9.60. The molecule has 0 aromatic heterocycles. The summed E-state index contributed by atoms with van der Waals surface area (Å²) in [6, 6.07) is 3.70. The monoisotopic (exact) mass is 340 g/mol. The minimum Gasteiger partial charge on any atom is -0.356 e. The lowest BCUT2D eigenvalue weighted by Gasteiger charge is -2.13. The van der Waals surface area contributed by atoms with Crippen LogP contribution in [0.1, 0.15) is 49.3 Å². The first kappa shape index (κ1) is 19.6. The van der Waals surface area contributed by atoms with E-state index in [1.807, 2.05) is 19.1 Å². The molecule has 0 aliphatic heterocycles. The van der Waals surface area contributed by atoms with Gasteiger partial charge >= 0.3 is 0 Å². The highest BCUT2D eigenvalue weighted by atomic mass is 32.2. The number of hydrogen-bond donors (Lipinski definition) is 2. The van der Waals surface area contributed by atoms with E-state index in [0.717, 1.165) is 36.0 Å². The van der Waals surface area contributed by atoms with Crippen LogP contribution in [0.5, 0.6) is 0 Å². The number of nitrogens with one attached hydrogen (secondary N) is 2. The molecule has 1 aromatic rings. The summed E-state index contributed by atoms with van der Waals surface area (Å²) in [4.78, 5) is 12.0. The molecule has 1 amide bonds. The molecule has 0 unspecified atom stereocenters. The van der Waals surface area contributed by atoms with Gasteiger partial charge in [0.15, 0.2) is 0 Å². The van der Waals surface area contributed by atoms with Crippen molar-refractivity contribution in [1.82, 2.24) is 10.0 Å². The number of unbranched alkanes of at least 4 members (excludes halogenated alkanes) is 2. The Morgan fingerprint density at radius 2 is 1.65 bits per heavy atom. The average molecular weight is 340 g/mol. The SMILES string of the molecule is CCCCCNC(=O)CCNS(=O)(=O)c1c(C)cc(C)cc1C. The molecular weight excluding hydrogens is 312 g/mol. The molecule has 5 nitrogen and oxygen atoms in total. The minimum atomic E-state index is -3.59. The van der Waals surface area contributed by atoms with Crippen LogP contribution in [0.2, 0.25) is 0 Å². The van der Waals surface area contributed by atoms with E-state index in [-0.39, 0.29) is 18.9 Å². The maximum absolute atomic E-state index is 12.4. The zero-order valence-electron chi connectivity index (χ0n) is 14.5. The molecule has 0 aliphatic rings. The number of aryl methyl sites for hydroxylation is 3. The van der Waals surface area contributed by atoms with Crippen LogP contribution >= 0.6 is 0 Å². The van der Waals surface area contributed by atoms with E-state index < -0.39 is 10.0 Å². The first-order valence-electron chi connectivity index (χ1n) is 8.12. The molecule has 1 aromatic carbocycles. The Bertz CT molecular complexity index is 616. The molecule has 0 heterocycles. The topological polar surface area (TPSA) is 75.3 Å². The Kier molecular flexibility index (Phi) is 7.72. The standard InChI is InChI=1S/C17H28N2O3S/c1-5-6-7-9-18-16(20)8-10-19-23(21,22)17-14(3)11-13(2)12-15(17)4/h11-12,19H,5-10H2,1-4H3,(H,18,20). The molecule has 1 rings (SSSR count). The third kappa shape index (κ3) is 6.31. The van der Waals surface area contributed by atoms with Crippen molar-refractivity contribution in [1.29, 1.82) is 0 Å². The maximum Gasteiger partial charge on any atom is 0.241 e. The summed E-state index contributed by atoms with van der Waals surface area (Å²) in [6.45, 7) is 8.37. The highest BCUT2D eigenvalue weighted by Gasteiger charge is 2.19. The average Bonchev–Trinajstić information content (AvgIpc) is 2.41. The molecule has 0 fully saturated rings. The van der Waals surface area contributed by atoms with Crippen molar-refractivity contribution in [2.24, 2.45) is 0 Å². The number of sulfonamides is 1. The highest BCUT2D eigenvalue weighted by Crippen LogP contribution is 2.21. The predicted molar refractivity (Wildman–Crippen MR) is 93.0 cm³/mol. The summed E-state index contributed by atoms with van der Waals surface area (Å²) in [7, 11) is -3.59. The second-order valence-corrected chi connectivity index (χ2v) is 7.64. The molecule has 0 saturated heterocycles. The van der Waals surface area contributed by atoms with E-state index in [0.29, 0.717) is 11.4 Å². The van der Waals surface area contributed by atoms with Gasteiger partial charge in [0, 0.05) is 19.5 Å². The van der Waals surface area contributed by atoms with Gasteiger partial charge in [-0.1, -0.05) is 37.5 Å². The smallest absolute Gasteiger partial charge is 0.241 e. The Morgan fingerprint density at radius 3 is 2.22 bits per heavy atom. The summed E-state index contributed by atoms with van der Waals surface area (Å²) < 4.78 is 27.4. The van der Waals surface area contributed by atoms with Crippen molar-refractivity contribution in [3.05, 3.63) is 28.8 Å². The molecule has 23 heavy (non-hydrogen) atoms. The van der Waals surface area contributed by atoms with Gasteiger partial charge in [0.25, 0.3) is 0 Å². The van der Waals surface area contributed by atoms with Gasteiger partial charge < -0.3 is 5.32 Å². The van der Waals surface area contributed by atoms with Gasteiger partial charge in [-0.2, -0.15) is 0 Å². The predicted octanol–water partition coefficient (Wildman–Crippen LogP) is 2.59. The van der Waals surface area contributed by atoms with Crippen molar-refractivity contribution in [2.75, 3.05) is 13.1 Å². The molecule has 2 N–H and O–H groups in total. The van der Waals surface area contributed by atoms with Gasteiger partial charge in [-0.05, 0) is 38.3 Å². The number of carbonyl (C=O) groups excluding carboxylic acids is 1. The summed E-state index contributed by atoms with van der Waals surface area (Å²) in [5.41, 5.74) is 2.48. The van der Waals surface area contributed by atoms with Crippen molar-refractivity contribution in [3.63, 3.8) is 0 Å². The van der Waals surface area contributed by atoms with E-state index >= 15 is 0 Å². The van der Waals surface area contributed by atoms with Crippen molar-refractivity contribution >= 4 is 15.9 Å². The lowest BCUT2D eigenvalue weighted by Crippen LogP contribution is -2.31. The van der Waals surface area contributed by atoms with Gasteiger partial charge in [-0.3, -0.25) is 4.79 Å². The largest absolute Gasteiger partial charge is 0.356 e. The van der Waals surface area contributed by atoms with Crippen LogP contribution < -0.4 is 10.0 Å². The fourth-order valence-electron chi connectivity index (χ4n) is 2.65. The molecule has 6 heteroatoms. The number of hydrogen-bond acceptors (Lipinski definition) is 3. The van der Waals surface area contributed by atoms with Gasteiger partial charge in [0.1, 0.15) is 0 Å². The molecule has 0 spiro atoms. The summed E-state index contributed by atoms with van der Waals surface area (Å²) in [5, 5.41) is 2.80. The summed E-state index contributed by atoms with van der Waals surface area (Å²) in [6.07, 6.45) is 3.29. The molecule has 0 atom stereocenters. The zero-order chi connectivity index (χ0) is 17.5. The number of amides is 1. The molecule has 0 radical (unpaired) electrons. The van der Waals surface area contributed by atoms with E-state index in [9.17, 15) is 13.2 Å². The van der Waals surface area contributed by atoms with Crippen LogP contribution in [0, 0.1) is 20.8 Å². The zero-order valence-corrected chi connectivity index (χ0v) is 15.3. The van der Waals surface area contributed by atoms with Crippen LogP contribution in [0.15, 0.2) is 17.0 Å². The Balaban J connectivity index is 2.56. The molecule has 0 saturated carbocycles. The second kappa shape index (κ2) is 9.03. The van der Waals surface area contributed by atoms with E-state index in [4.69, 9.17) is 0 Å². The Labute approximate surface area is 139 Å². The van der Waals surface area contributed by atoms with Gasteiger partial charge in [0.05, 0.1) is 4.90 Å². The lowest BCUT2D eigenvalue weighted by molar-refractivity contribution is -0.120. The van der Waals surface area contributed by atoms with E-state index in [1.54, 1.807) is 13.8 Å². The minimum absolute atomic E-state index is 0.106. The van der Waals surface area contributed by atoms with Crippen molar-refractivity contribution in [3.8, 4) is 0 Å². The van der Waals surface area contributed by atoms with E-state index in [2.05, 4.69) is 17.0 Å². The van der Waals surface area contributed by atoms with Crippen LogP contribution in [0.4, 0.5) is 0 Å². The van der Waals surface area contributed by atoms with Gasteiger partial charge in [-0.15, -0.1) is 0 Å². The number of carbonyl (C=O) groups is 1. The third-order valence-corrected chi connectivity index (χ3v) is 5.39. The van der Waals surface area contributed by atoms with Gasteiger partial charge in [-0.25, -0.2) is 13.1 Å². The second-order valence-electron chi connectivity index (χ2n) is 5.93. The van der Waals surface area contributed by atoms with Crippen LogP contribution in [-0.4, -0.2) is 27.4 Å². The normalized spacial score (nSPS) is 11.5. The van der Waals surface area contributed by atoms with Crippen LogP contribution in [-0.2, 0) is 14.8 Å². The number of benzene rings is 1. The highest BCUT2D eigenvalue weighted by molar-refractivity contribution is 7.89. The first-order chi connectivity index (χ1) is 10.8. The lowest BCUT2D eigenvalue weighted by atomic mass is 10.1. The molecule has 0 aliphatic carbocycles. The van der Waals surface area contributed by atoms with Crippen LogP contribution in [0.25, 0.3) is 0 Å². The fourth-order valence-corrected chi connectivity index (χ4v) is 4.13. The summed E-state index contributed by atoms with van der Waals surface area (Å²) in [5.74, 6) is -0.124. The van der Waals surface area contributed by atoms with Crippen LogP contribution in [0.3, 0.4) is 0 Å². The number of rotatable bonds is 9. The third-order valence-electron chi connectivity index (χ3n) is 3.62. The van der Waals surface area contributed by atoms with Crippen molar-refractivity contribution in [2.45, 2.75) is 58.3 Å². The summed E-state index contributed by atoms with van der Waals surface area (Å²) >= 11 is 0. The molecular formula is C17H28N2O3S. The Hall–Kier alpha value is -1.40.